The third kappa shape index (κ3) is 4.55. The Morgan fingerprint density at radius 2 is 1.64 bits per heavy atom. The maximum atomic E-state index is 12.9. The summed E-state index contributed by atoms with van der Waals surface area (Å²) in [5.41, 5.74) is 2.59. The van der Waals surface area contributed by atoms with Gasteiger partial charge < -0.3 is 24.6 Å². The lowest BCUT2D eigenvalue weighted by molar-refractivity contribution is 0.0829. The minimum absolute atomic E-state index is 0.00621. The van der Waals surface area contributed by atoms with E-state index < -0.39 is 9.84 Å². The highest BCUT2D eigenvalue weighted by molar-refractivity contribution is 7.90. The number of pyridine rings is 1. The van der Waals surface area contributed by atoms with Crippen molar-refractivity contribution in [3.63, 3.8) is 0 Å². The summed E-state index contributed by atoms with van der Waals surface area (Å²) < 4.78 is 25.7. The van der Waals surface area contributed by atoms with E-state index in [1.807, 2.05) is 37.5 Å². The molecule has 1 saturated carbocycles. The average Bonchev–Trinajstić information content (AvgIpc) is 3.21. The fourth-order valence-corrected chi connectivity index (χ4v) is 5.76. The lowest BCUT2D eigenvalue weighted by Crippen LogP contribution is -2.46. The van der Waals surface area contributed by atoms with Crippen LogP contribution < -0.4 is 15.1 Å². The second-order valence-electron chi connectivity index (χ2n) is 10.0. The lowest BCUT2D eigenvalue weighted by Gasteiger charge is -2.37. The lowest BCUT2D eigenvalue weighted by atomic mass is 9.87. The monoisotopic (exact) mass is 510 g/mol. The van der Waals surface area contributed by atoms with E-state index in [1.165, 1.54) is 6.26 Å². The molecule has 1 amide bonds. The van der Waals surface area contributed by atoms with Crippen molar-refractivity contribution in [2.45, 2.75) is 29.8 Å². The number of hydrogen-bond acceptors (Lipinski definition) is 7. The van der Waals surface area contributed by atoms with Crippen molar-refractivity contribution in [2.75, 3.05) is 63.4 Å². The van der Waals surface area contributed by atoms with Crippen LogP contribution in [0.3, 0.4) is 0 Å². The SMILES string of the molecule is CNC1CC(n2cc(C(=O)N(C)C)c3ccc(N4CCN(c5ccc(S(C)(=O)=O)cc5)CC4)nc32)C1. The molecular formula is C26H34N6O3S. The van der Waals surface area contributed by atoms with Crippen LogP contribution in [0.2, 0.25) is 0 Å². The molecule has 192 valence electrons. The predicted octanol–water partition coefficient (Wildman–Crippen LogP) is 2.39. The van der Waals surface area contributed by atoms with Crippen LogP contribution in [-0.4, -0.2) is 88.4 Å². The molecule has 0 atom stereocenters. The average molecular weight is 511 g/mol. The first kappa shape index (κ1) is 24.6. The Hall–Kier alpha value is -3.11. The number of hydrogen-bond donors (Lipinski definition) is 1. The highest BCUT2D eigenvalue weighted by Crippen LogP contribution is 2.37. The molecule has 0 unspecified atom stereocenters. The quantitative estimate of drug-likeness (QED) is 0.545. The van der Waals surface area contributed by atoms with Gasteiger partial charge in [-0.05, 0) is 56.3 Å². The first-order chi connectivity index (χ1) is 17.2. The van der Waals surface area contributed by atoms with Crippen molar-refractivity contribution in [3.05, 3.63) is 48.2 Å². The number of fused-ring (bicyclic) bond motifs is 1. The molecule has 36 heavy (non-hydrogen) atoms. The summed E-state index contributed by atoms with van der Waals surface area (Å²) >= 11 is 0. The topological polar surface area (TPSA) is 90.8 Å². The third-order valence-corrected chi connectivity index (χ3v) is 8.58. The first-order valence-electron chi connectivity index (χ1n) is 12.4. The van der Waals surface area contributed by atoms with Gasteiger partial charge in [0.15, 0.2) is 9.84 Å². The number of rotatable bonds is 6. The molecule has 3 aromatic rings. The van der Waals surface area contributed by atoms with Gasteiger partial charge in [-0.25, -0.2) is 13.4 Å². The number of nitrogens with one attached hydrogen (secondary N) is 1. The van der Waals surface area contributed by atoms with Crippen molar-refractivity contribution in [2.24, 2.45) is 0 Å². The Balaban J connectivity index is 1.37. The molecule has 1 N–H and O–H groups in total. The van der Waals surface area contributed by atoms with Gasteiger partial charge >= 0.3 is 0 Å². The standard InChI is InChI=1S/C26H34N6O3S/c1-27-18-15-20(16-18)32-17-23(26(33)29(2)3)22-9-10-24(28-25(22)32)31-13-11-30(12-14-31)19-5-7-21(8-6-19)36(4,34)35/h5-10,17-18,20,27H,11-16H2,1-4H3. The molecule has 2 aromatic heterocycles. The molecule has 2 aliphatic rings. The predicted molar refractivity (Wildman–Crippen MR) is 143 cm³/mol. The molecule has 1 saturated heterocycles. The van der Waals surface area contributed by atoms with Gasteiger partial charge in [0.2, 0.25) is 0 Å². The van der Waals surface area contributed by atoms with Crippen LogP contribution >= 0.6 is 0 Å². The van der Waals surface area contributed by atoms with E-state index >= 15 is 0 Å². The number of piperazine rings is 1. The summed E-state index contributed by atoms with van der Waals surface area (Å²) in [4.78, 5) is 24.4. The fraction of sp³-hybridized carbons (Fsp3) is 0.462. The number of anilines is 2. The Bertz CT molecular complexity index is 1370. The van der Waals surface area contributed by atoms with E-state index in [9.17, 15) is 13.2 Å². The Kier molecular flexibility index (Phi) is 6.42. The van der Waals surface area contributed by atoms with Crippen molar-refractivity contribution >= 4 is 38.3 Å². The third-order valence-electron chi connectivity index (χ3n) is 7.45. The smallest absolute Gasteiger partial charge is 0.255 e. The number of carbonyl (C=O) groups is 1. The van der Waals surface area contributed by atoms with Crippen molar-refractivity contribution < 1.29 is 13.2 Å². The van der Waals surface area contributed by atoms with Gasteiger partial charge in [-0.2, -0.15) is 0 Å². The summed E-state index contributed by atoms with van der Waals surface area (Å²) in [6.45, 7) is 3.25. The van der Waals surface area contributed by atoms with E-state index in [0.717, 1.165) is 61.6 Å². The zero-order valence-electron chi connectivity index (χ0n) is 21.3. The summed E-state index contributed by atoms with van der Waals surface area (Å²) in [5, 5.41) is 4.23. The van der Waals surface area contributed by atoms with Gasteiger partial charge in [-0.1, -0.05) is 0 Å². The largest absolute Gasteiger partial charge is 0.368 e. The number of amides is 1. The molecule has 0 radical (unpaired) electrons. The van der Waals surface area contributed by atoms with Crippen LogP contribution in [0.25, 0.3) is 11.0 Å². The molecular weight excluding hydrogens is 476 g/mol. The molecule has 1 aliphatic heterocycles. The molecule has 1 aromatic carbocycles. The van der Waals surface area contributed by atoms with Crippen molar-refractivity contribution in [1.29, 1.82) is 0 Å². The van der Waals surface area contributed by atoms with Crippen LogP contribution in [0.1, 0.15) is 29.2 Å². The zero-order chi connectivity index (χ0) is 25.6. The molecule has 5 rings (SSSR count). The van der Waals surface area contributed by atoms with Crippen LogP contribution in [0.5, 0.6) is 0 Å². The van der Waals surface area contributed by atoms with Crippen LogP contribution in [-0.2, 0) is 9.84 Å². The molecule has 1 aliphatic carbocycles. The summed E-state index contributed by atoms with van der Waals surface area (Å²) in [6.07, 6.45) is 5.26. The minimum atomic E-state index is -3.20. The van der Waals surface area contributed by atoms with Crippen LogP contribution in [0, 0.1) is 0 Å². The second-order valence-corrected chi connectivity index (χ2v) is 12.1. The molecule has 0 bridgehead atoms. The number of benzene rings is 1. The van der Waals surface area contributed by atoms with E-state index in [0.29, 0.717) is 22.5 Å². The van der Waals surface area contributed by atoms with Crippen molar-refractivity contribution in [3.8, 4) is 0 Å². The summed E-state index contributed by atoms with van der Waals surface area (Å²) in [5.74, 6) is 0.913. The van der Waals surface area contributed by atoms with E-state index in [-0.39, 0.29) is 5.91 Å². The molecule has 10 heteroatoms. The van der Waals surface area contributed by atoms with Gasteiger partial charge in [0.25, 0.3) is 5.91 Å². The Morgan fingerprint density at radius 3 is 2.22 bits per heavy atom. The van der Waals surface area contributed by atoms with Gasteiger partial charge in [0.05, 0.1) is 10.5 Å². The molecule has 9 nitrogen and oxygen atoms in total. The zero-order valence-corrected chi connectivity index (χ0v) is 22.1. The normalized spacial score (nSPS) is 20.4. The Morgan fingerprint density at radius 1 is 1.00 bits per heavy atom. The van der Waals surface area contributed by atoms with E-state index in [4.69, 9.17) is 4.98 Å². The first-order valence-corrected chi connectivity index (χ1v) is 14.3. The number of carbonyl (C=O) groups excluding carboxylic acids is 1. The minimum Gasteiger partial charge on any atom is -0.368 e. The highest BCUT2D eigenvalue weighted by atomic mass is 32.2. The molecule has 3 heterocycles. The highest BCUT2D eigenvalue weighted by Gasteiger charge is 2.32. The van der Waals surface area contributed by atoms with Crippen LogP contribution in [0.4, 0.5) is 11.5 Å². The van der Waals surface area contributed by atoms with E-state index in [2.05, 4.69) is 19.7 Å². The van der Waals surface area contributed by atoms with Gasteiger partial charge in [-0.3, -0.25) is 4.79 Å². The summed E-state index contributed by atoms with van der Waals surface area (Å²) in [7, 11) is 2.35. The number of aromatic nitrogens is 2. The van der Waals surface area contributed by atoms with Gasteiger partial charge in [0.1, 0.15) is 11.5 Å². The maximum absolute atomic E-state index is 12.9. The Labute approximate surface area is 212 Å². The maximum Gasteiger partial charge on any atom is 0.255 e. The fourth-order valence-electron chi connectivity index (χ4n) is 5.13. The summed E-state index contributed by atoms with van der Waals surface area (Å²) in [6, 6.07) is 12.0. The molecule has 0 spiro atoms. The van der Waals surface area contributed by atoms with Crippen LogP contribution in [0.15, 0.2) is 47.5 Å². The second kappa shape index (κ2) is 9.40. The molecule has 2 fully saturated rings. The number of sulfone groups is 1. The van der Waals surface area contributed by atoms with Crippen molar-refractivity contribution in [1.82, 2.24) is 19.8 Å². The van der Waals surface area contributed by atoms with Gasteiger partial charge in [-0.15, -0.1) is 0 Å². The van der Waals surface area contributed by atoms with Gasteiger partial charge in [0, 0.05) is 75.9 Å². The number of nitrogens with zero attached hydrogens (tertiary/aromatic N) is 5. The van der Waals surface area contributed by atoms with E-state index in [1.54, 1.807) is 31.1 Å².